The van der Waals surface area contributed by atoms with Gasteiger partial charge in [-0.1, -0.05) is 91.0 Å². The molecule has 0 saturated heterocycles. The lowest BCUT2D eigenvalue weighted by molar-refractivity contribution is -0.138. The zero-order valence-electron chi connectivity index (χ0n) is 30.1. The van der Waals surface area contributed by atoms with E-state index in [-0.39, 0.29) is 58.1 Å². The number of benzene rings is 3. The molecule has 7 N–H and O–H groups in total. The lowest BCUT2D eigenvalue weighted by atomic mass is 10.1. The Labute approximate surface area is 316 Å². The fourth-order valence-corrected chi connectivity index (χ4v) is 5.17. The molecule has 55 heavy (non-hydrogen) atoms. The van der Waals surface area contributed by atoms with E-state index in [1.165, 1.54) is 11.9 Å². The van der Waals surface area contributed by atoms with Crippen molar-refractivity contribution < 1.29 is 43.0 Å². The second-order valence-electron chi connectivity index (χ2n) is 12.1. The number of carbonyl (C=O) groups is 6. The number of hydrogen-bond donors (Lipinski definition) is 5. The highest BCUT2D eigenvalue weighted by molar-refractivity contribution is 6.07. The van der Waals surface area contributed by atoms with Crippen LogP contribution in [0.25, 0.3) is 0 Å². The van der Waals surface area contributed by atoms with Gasteiger partial charge in [-0.25, -0.2) is 29.1 Å². The minimum absolute atomic E-state index is 0.0381. The van der Waals surface area contributed by atoms with Crippen LogP contribution in [0.2, 0.25) is 0 Å². The number of urea groups is 1. The predicted molar refractivity (Wildman–Crippen MR) is 199 cm³/mol. The molecule has 0 aromatic heterocycles. The van der Waals surface area contributed by atoms with Crippen LogP contribution in [0.4, 0.5) is 19.2 Å². The first-order valence-electron chi connectivity index (χ1n) is 17.2. The van der Waals surface area contributed by atoms with Gasteiger partial charge in [-0.3, -0.25) is 20.2 Å². The first-order valence-corrected chi connectivity index (χ1v) is 17.2. The topological polar surface area (TPSA) is 249 Å². The zero-order chi connectivity index (χ0) is 39.6. The van der Waals surface area contributed by atoms with E-state index in [1.54, 1.807) is 72.8 Å². The van der Waals surface area contributed by atoms with Crippen molar-refractivity contribution in [2.45, 2.75) is 51.2 Å². The van der Waals surface area contributed by atoms with Crippen molar-refractivity contribution >= 4 is 48.0 Å². The monoisotopic (exact) mass is 757 g/mol. The summed E-state index contributed by atoms with van der Waals surface area (Å²) in [5.74, 6) is -1.78. The maximum absolute atomic E-state index is 13.5. The van der Waals surface area contributed by atoms with Crippen LogP contribution >= 0.6 is 0 Å². The number of nitrogens with zero attached hydrogens (tertiary/aromatic N) is 4. The molecule has 18 nitrogen and oxygen atoms in total. The van der Waals surface area contributed by atoms with Gasteiger partial charge in [-0.2, -0.15) is 0 Å². The standard InChI is InChI=1S/C37H43N9O9/c1-45(29-21-40-34(42-31(29)48)44-33(39)49)30(47)20-28(41-35(50)53-22-25-12-5-2-6-13-25)18-11-19-46(37(52)55-24-27-16-9-4-10-17-27)32(38)43-36(51)54-23-26-14-7-3-8-15-26/h2-10,12-17,28-29H,11,18-24H2,1H3,(H,41,50)(H2,38,43,51)(H4,39,40,42,44,48,49)/t28-,29?/m0/s1. The van der Waals surface area contributed by atoms with Crippen molar-refractivity contribution in [3.63, 3.8) is 0 Å². The normalized spacial score (nSPS) is 14.3. The number of primary amides is 1. The molecule has 0 saturated carbocycles. The molecular weight excluding hydrogens is 714 g/mol. The number of alkyl carbamates (subject to hydrolysis) is 1. The third kappa shape index (κ3) is 13.8. The second kappa shape index (κ2) is 20.9. The number of likely N-dealkylation sites (N-methyl/N-ethyl adjacent to an activating group) is 1. The smallest absolute Gasteiger partial charge is 0.437 e. The second-order valence-corrected chi connectivity index (χ2v) is 12.1. The Bertz CT molecular complexity index is 1840. The highest BCUT2D eigenvalue weighted by Gasteiger charge is 2.32. The number of hydrogen-bond acceptors (Lipinski definition) is 10. The van der Waals surface area contributed by atoms with Crippen molar-refractivity contribution in [1.82, 2.24) is 25.8 Å². The molecule has 0 aliphatic carbocycles. The van der Waals surface area contributed by atoms with Gasteiger partial charge >= 0.3 is 24.3 Å². The average molecular weight is 758 g/mol. The predicted octanol–water partition coefficient (Wildman–Crippen LogP) is 2.72. The third-order valence-electron chi connectivity index (χ3n) is 8.07. The van der Waals surface area contributed by atoms with E-state index in [2.05, 4.69) is 25.9 Å². The summed E-state index contributed by atoms with van der Waals surface area (Å²) in [7, 11) is 1.40. The van der Waals surface area contributed by atoms with Crippen molar-refractivity contribution in [2.75, 3.05) is 20.1 Å². The molecule has 4 rings (SSSR count). The van der Waals surface area contributed by atoms with Crippen molar-refractivity contribution in [1.29, 1.82) is 0 Å². The maximum atomic E-state index is 13.5. The number of ether oxygens (including phenoxy) is 3. The van der Waals surface area contributed by atoms with Crippen LogP contribution in [0, 0.1) is 0 Å². The molecule has 1 unspecified atom stereocenters. The van der Waals surface area contributed by atoms with Crippen LogP contribution in [0.3, 0.4) is 0 Å². The minimum atomic E-state index is -1.04. The highest BCUT2D eigenvalue weighted by Crippen LogP contribution is 2.13. The summed E-state index contributed by atoms with van der Waals surface area (Å²) in [6.07, 6.45) is -2.83. The number of aliphatic imine (C=N–C) groups is 2. The molecule has 3 aromatic rings. The summed E-state index contributed by atoms with van der Waals surface area (Å²) in [5.41, 5.74) is 13.4. The maximum Gasteiger partial charge on any atom is 0.437 e. The van der Waals surface area contributed by atoms with Gasteiger partial charge in [0.1, 0.15) is 25.9 Å². The molecule has 3 aromatic carbocycles. The van der Waals surface area contributed by atoms with Crippen LogP contribution in [0.1, 0.15) is 36.0 Å². The van der Waals surface area contributed by atoms with Gasteiger partial charge in [-0.15, -0.1) is 4.99 Å². The van der Waals surface area contributed by atoms with E-state index in [9.17, 15) is 28.8 Å². The van der Waals surface area contributed by atoms with Crippen LogP contribution in [0.5, 0.6) is 0 Å². The fraction of sp³-hybridized carbons (Fsp3) is 0.297. The Balaban J connectivity index is 1.45. The number of guanidine groups is 2. The Morgan fingerprint density at radius 3 is 1.95 bits per heavy atom. The molecule has 1 heterocycles. The Morgan fingerprint density at radius 1 is 0.855 bits per heavy atom. The van der Waals surface area contributed by atoms with E-state index >= 15 is 0 Å². The van der Waals surface area contributed by atoms with E-state index in [0.717, 1.165) is 10.5 Å². The van der Waals surface area contributed by atoms with Crippen molar-refractivity contribution in [2.24, 2.45) is 21.5 Å². The van der Waals surface area contributed by atoms with Crippen molar-refractivity contribution in [3.05, 3.63) is 108 Å². The lowest BCUT2D eigenvalue weighted by Crippen LogP contribution is -2.58. The van der Waals surface area contributed by atoms with E-state index in [0.29, 0.717) is 11.1 Å². The summed E-state index contributed by atoms with van der Waals surface area (Å²) in [4.78, 5) is 86.1. The van der Waals surface area contributed by atoms with Crippen molar-refractivity contribution in [3.8, 4) is 0 Å². The summed E-state index contributed by atoms with van der Waals surface area (Å²) < 4.78 is 16.0. The molecular formula is C37H43N9O9. The number of amides is 7. The molecule has 0 radical (unpaired) electrons. The van der Waals surface area contributed by atoms with Gasteiger partial charge < -0.3 is 35.9 Å². The summed E-state index contributed by atoms with van der Waals surface area (Å²) in [6, 6.07) is 23.9. The summed E-state index contributed by atoms with van der Waals surface area (Å²) >= 11 is 0. The quantitative estimate of drug-likeness (QED) is 0.0914. The average Bonchev–Trinajstić information content (AvgIpc) is 3.17. The number of rotatable bonds is 14. The van der Waals surface area contributed by atoms with Crippen LogP contribution in [-0.2, 0) is 43.6 Å². The molecule has 1 aliphatic heterocycles. The number of nitrogens with two attached hydrogens (primary N) is 2. The van der Waals surface area contributed by atoms with E-state index in [4.69, 9.17) is 25.7 Å². The molecule has 2 atom stereocenters. The largest absolute Gasteiger partial charge is 0.445 e. The molecule has 7 amide bonds. The van der Waals surface area contributed by atoms with Crippen LogP contribution in [0.15, 0.2) is 101 Å². The highest BCUT2D eigenvalue weighted by atomic mass is 16.6. The van der Waals surface area contributed by atoms with Gasteiger partial charge in [0.25, 0.3) is 5.91 Å². The Morgan fingerprint density at radius 2 is 1.40 bits per heavy atom. The van der Waals surface area contributed by atoms with Crippen LogP contribution in [-0.4, -0.2) is 90.1 Å². The zero-order valence-corrected chi connectivity index (χ0v) is 30.1. The Hall–Kier alpha value is -6.98. The fourth-order valence-electron chi connectivity index (χ4n) is 5.17. The molecule has 290 valence electrons. The minimum Gasteiger partial charge on any atom is -0.445 e. The Kier molecular flexibility index (Phi) is 15.5. The molecule has 18 heteroatoms. The number of nitrogens with one attached hydrogen (secondary N) is 3. The number of carbonyl (C=O) groups excluding carboxylic acids is 6. The SMILES string of the molecule is CN(C(=O)C[C@H](CCCN(C(=O)OCc1ccccc1)/C(N)=N/C(=O)OCc1ccccc1)NC(=O)OCc1ccccc1)C1CN=C(NC(N)=O)NC1=O. The van der Waals surface area contributed by atoms with E-state index < -0.39 is 54.2 Å². The summed E-state index contributed by atoms with van der Waals surface area (Å²) in [6.45, 7) is -0.521. The van der Waals surface area contributed by atoms with Gasteiger partial charge in [-0.05, 0) is 29.5 Å². The third-order valence-corrected chi connectivity index (χ3v) is 8.07. The van der Waals surface area contributed by atoms with Gasteiger partial charge in [0.2, 0.25) is 17.8 Å². The van der Waals surface area contributed by atoms with Gasteiger partial charge in [0, 0.05) is 26.1 Å². The molecule has 0 bridgehead atoms. The summed E-state index contributed by atoms with van der Waals surface area (Å²) in [5, 5.41) is 7.25. The molecule has 1 aliphatic rings. The first kappa shape index (κ1) is 40.8. The van der Waals surface area contributed by atoms with Gasteiger partial charge in [0.15, 0.2) is 0 Å². The van der Waals surface area contributed by atoms with E-state index in [1.807, 2.05) is 18.2 Å². The lowest BCUT2D eigenvalue weighted by Gasteiger charge is -2.30. The molecule has 0 fully saturated rings. The first-order chi connectivity index (χ1) is 26.5. The molecule has 0 spiro atoms. The van der Waals surface area contributed by atoms with Crippen LogP contribution < -0.4 is 27.4 Å². The van der Waals surface area contributed by atoms with Gasteiger partial charge in [0.05, 0.1) is 6.54 Å².